The highest BCUT2D eigenvalue weighted by Crippen LogP contribution is 2.32. The summed E-state index contributed by atoms with van der Waals surface area (Å²) in [5.74, 6) is -0.782. The van der Waals surface area contributed by atoms with Crippen molar-refractivity contribution >= 4 is 34.1 Å². The molecule has 1 aliphatic rings. The third-order valence-corrected chi connectivity index (χ3v) is 5.82. The van der Waals surface area contributed by atoms with Gasteiger partial charge in [-0.25, -0.2) is 0 Å². The summed E-state index contributed by atoms with van der Waals surface area (Å²) in [6, 6.07) is 12.0. The number of carboxylic acids is 1. The van der Waals surface area contributed by atoms with E-state index in [9.17, 15) is 14.7 Å². The van der Waals surface area contributed by atoms with Crippen LogP contribution >= 0.6 is 11.3 Å². The maximum absolute atomic E-state index is 12.3. The van der Waals surface area contributed by atoms with Gasteiger partial charge in [0.05, 0.1) is 6.42 Å². The lowest BCUT2D eigenvalue weighted by Gasteiger charge is -2.25. The van der Waals surface area contributed by atoms with Gasteiger partial charge >= 0.3 is 5.97 Å². The summed E-state index contributed by atoms with van der Waals surface area (Å²) in [4.78, 5) is 24.7. The molecule has 0 bridgehead atoms. The number of nitrogens with zero attached hydrogens (tertiary/aromatic N) is 1. The molecular weight excluding hydrogens is 348 g/mol. The fraction of sp³-hybridized carbons (Fsp3) is 0.300. The zero-order valence-electron chi connectivity index (χ0n) is 14.3. The second-order valence-electron chi connectivity index (χ2n) is 6.69. The van der Waals surface area contributed by atoms with Gasteiger partial charge in [0.1, 0.15) is 6.54 Å². The summed E-state index contributed by atoms with van der Waals surface area (Å²) in [5.41, 5.74) is 3.23. The van der Waals surface area contributed by atoms with Crippen LogP contribution in [0.3, 0.4) is 0 Å². The molecule has 0 saturated carbocycles. The van der Waals surface area contributed by atoms with Gasteiger partial charge in [-0.1, -0.05) is 24.3 Å². The molecule has 2 aromatic heterocycles. The Hall–Kier alpha value is -2.60. The molecule has 1 aromatic carbocycles. The van der Waals surface area contributed by atoms with E-state index in [2.05, 4.69) is 5.32 Å². The summed E-state index contributed by atoms with van der Waals surface area (Å²) in [7, 11) is 0. The van der Waals surface area contributed by atoms with E-state index in [1.165, 1.54) is 5.56 Å². The van der Waals surface area contributed by atoms with Crippen LogP contribution < -0.4 is 5.32 Å². The van der Waals surface area contributed by atoms with Gasteiger partial charge in [0.25, 0.3) is 0 Å². The number of carbonyl (C=O) groups is 2. The molecule has 0 unspecified atom stereocenters. The van der Waals surface area contributed by atoms with E-state index in [4.69, 9.17) is 0 Å². The second-order valence-corrected chi connectivity index (χ2v) is 7.72. The maximum Gasteiger partial charge on any atom is 0.323 e. The van der Waals surface area contributed by atoms with Crippen LogP contribution in [0.4, 0.5) is 0 Å². The summed E-state index contributed by atoms with van der Waals surface area (Å²) in [6.45, 7) is -0.0226. The number of hydrogen-bond donors (Lipinski definition) is 2. The molecule has 1 atom stereocenters. The number of carbonyl (C=O) groups excluding carboxylic acids is 1. The molecule has 5 nitrogen and oxygen atoms in total. The number of carboxylic acid groups (broad SMARTS) is 1. The lowest BCUT2D eigenvalue weighted by molar-refractivity contribution is -0.137. The fourth-order valence-corrected chi connectivity index (χ4v) is 4.59. The van der Waals surface area contributed by atoms with Crippen LogP contribution in [0, 0.1) is 0 Å². The van der Waals surface area contributed by atoms with Crippen molar-refractivity contribution in [2.75, 3.05) is 0 Å². The van der Waals surface area contributed by atoms with E-state index in [1.54, 1.807) is 11.3 Å². The molecule has 0 aliphatic heterocycles. The smallest absolute Gasteiger partial charge is 0.323 e. The number of aliphatic carboxylic acids is 1. The Balaban J connectivity index is 1.56. The quantitative estimate of drug-likeness (QED) is 0.727. The van der Waals surface area contributed by atoms with Gasteiger partial charge in [0, 0.05) is 27.5 Å². The van der Waals surface area contributed by atoms with Crippen molar-refractivity contribution in [3.63, 3.8) is 0 Å². The van der Waals surface area contributed by atoms with Gasteiger partial charge in [-0.05, 0) is 42.3 Å². The van der Waals surface area contributed by atoms with E-state index >= 15 is 0 Å². The van der Waals surface area contributed by atoms with Crippen molar-refractivity contribution in [2.24, 2.45) is 0 Å². The molecule has 2 heterocycles. The summed E-state index contributed by atoms with van der Waals surface area (Å²) >= 11 is 1.59. The normalized spacial score (nSPS) is 16.4. The minimum Gasteiger partial charge on any atom is -0.480 e. The predicted molar refractivity (Wildman–Crippen MR) is 102 cm³/mol. The third-order valence-electron chi connectivity index (χ3n) is 4.95. The first kappa shape index (κ1) is 16.8. The van der Waals surface area contributed by atoms with E-state index in [0.717, 1.165) is 40.7 Å². The number of benzene rings is 1. The Bertz CT molecular complexity index is 959. The molecule has 0 spiro atoms. The number of nitrogens with one attached hydrogen (secondary N) is 1. The molecule has 4 rings (SSSR count). The van der Waals surface area contributed by atoms with Crippen LogP contribution in [0.2, 0.25) is 0 Å². The molecule has 134 valence electrons. The number of amides is 1. The second kappa shape index (κ2) is 6.96. The lowest BCUT2D eigenvalue weighted by atomic mass is 9.91. The van der Waals surface area contributed by atoms with Crippen molar-refractivity contribution in [3.05, 3.63) is 57.9 Å². The fourth-order valence-electron chi connectivity index (χ4n) is 3.89. The first-order chi connectivity index (χ1) is 12.6. The van der Waals surface area contributed by atoms with Gasteiger partial charge < -0.3 is 15.0 Å². The van der Waals surface area contributed by atoms with Gasteiger partial charge in [-0.3, -0.25) is 9.59 Å². The SMILES string of the molecule is O=C(O)Cn1c2c(c3ccccc31)C[C@@H](NC(=O)Cc1cccs1)CC2. The molecule has 3 aromatic rings. The average molecular weight is 368 g/mol. The molecule has 26 heavy (non-hydrogen) atoms. The minimum atomic E-state index is -0.833. The monoisotopic (exact) mass is 368 g/mol. The van der Waals surface area contributed by atoms with Crippen molar-refractivity contribution < 1.29 is 14.7 Å². The predicted octanol–water partition coefficient (Wildman–Crippen LogP) is 3.00. The number of hydrogen-bond acceptors (Lipinski definition) is 3. The zero-order chi connectivity index (χ0) is 18.1. The van der Waals surface area contributed by atoms with Crippen LogP contribution in [0.15, 0.2) is 41.8 Å². The van der Waals surface area contributed by atoms with Crippen molar-refractivity contribution in [3.8, 4) is 0 Å². The summed E-state index contributed by atoms with van der Waals surface area (Å²) < 4.78 is 1.91. The van der Waals surface area contributed by atoms with Crippen LogP contribution in [0.25, 0.3) is 10.9 Å². The Labute approximate surface area is 155 Å². The lowest BCUT2D eigenvalue weighted by Crippen LogP contribution is -2.39. The maximum atomic E-state index is 12.3. The third kappa shape index (κ3) is 3.24. The minimum absolute atomic E-state index is 0.0226. The van der Waals surface area contributed by atoms with Crippen LogP contribution in [-0.4, -0.2) is 27.6 Å². The highest BCUT2D eigenvalue weighted by atomic mass is 32.1. The number of para-hydroxylation sites is 1. The highest BCUT2D eigenvalue weighted by Gasteiger charge is 2.26. The van der Waals surface area contributed by atoms with Crippen LogP contribution in [0.1, 0.15) is 22.6 Å². The van der Waals surface area contributed by atoms with Crippen molar-refractivity contribution in [2.45, 2.75) is 38.3 Å². The highest BCUT2D eigenvalue weighted by molar-refractivity contribution is 7.10. The summed E-state index contributed by atoms with van der Waals surface area (Å²) in [5, 5.41) is 15.5. The van der Waals surface area contributed by atoms with E-state index in [0.29, 0.717) is 6.42 Å². The molecule has 0 radical (unpaired) electrons. The van der Waals surface area contributed by atoms with Gasteiger partial charge in [0.15, 0.2) is 0 Å². The number of aromatic nitrogens is 1. The number of rotatable bonds is 5. The topological polar surface area (TPSA) is 71.3 Å². The van der Waals surface area contributed by atoms with E-state index < -0.39 is 5.97 Å². The van der Waals surface area contributed by atoms with E-state index in [1.807, 2.05) is 46.3 Å². The van der Waals surface area contributed by atoms with Gasteiger partial charge in [0.2, 0.25) is 5.91 Å². The first-order valence-electron chi connectivity index (χ1n) is 8.74. The molecule has 1 amide bonds. The number of thiophene rings is 1. The molecule has 6 heteroatoms. The average Bonchev–Trinajstić information content (AvgIpc) is 3.22. The van der Waals surface area contributed by atoms with Crippen molar-refractivity contribution in [1.29, 1.82) is 0 Å². The Morgan fingerprint density at radius 3 is 2.85 bits per heavy atom. The molecule has 0 fully saturated rings. The summed E-state index contributed by atoms with van der Waals surface area (Å²) in [6.07, 6.45) is 2.78. The molecule has 2 N–H and O–H groups in total. The standard InChI is InChI=1S/C20H20N2O3S/c23-19(11-14-4-3-9-26-14)21-13-7-8-18-16(10-13)15-5-1-2-6-17(15)22(18)12-20(24)25/h1-6,9,13H,7-8,10-12H2,(H,21,23)(H,24,25)/t13-/m0/s1. The van der Waals surface area contributed by atoms with Crippen molar-refractivity contribution in [1.82, 2.24) is 9.88 Å². The Kier molecular flexibility index (Phi) is 4.51. The van der Waals surface area contributed by atoms with Crippen LogP contribution in [0.5, 0.6) is 0 Å². The van der Waals surface area contributed by atoms with E-state index in [-0.39, 0.29) is 18.5 Å². The van der Waals surface area contributed by atoms with Gasteiger partial charge in [-0.2, -0.15) is 0 Å². The Morgan fingerprint density at radius 1 is 1.23 bits per heavy atom. The number of fused-ring (bicyclic) bond motifs is 3. The molecular formula is C20H20N2O3S. The Morgan fingerprint density at radius 2 is 2.08 bits per heavy atom. The molecule has 0 saturated heterocycles. The zero-order valence-corrected chi connectivity index (χ0v) is 15.1. The molecule has 1 aliphatic carbocycles. The largest absolute Gasteiger partial charge is 0.480 e. The first-order valence-corrected chi connectivity index (χ1v) is 9.62. The van der Waals surface area contributed by atoms with Gasteiger partial charge in [-0.15, -0.1) is 11.3 Å². The van der Waals surface area contributed by atoms with Crippen LogP contribution in [-0.2, 0) is 35.4 Å².